The third kappa shape index (κ3) is 2.58. The fraction of sp³-hybridized carbons (Fsp3) is 0.160. The molecular weight excluding hydrogens is 406 g/mol. The van der Waals surface area contributed by atoms with Crippen LogP contribution in [-0.2, 0) is 14.3 Å². The summed E-state index contributed by atoms with van der Waals surface area (Å²) in [6.45, 7) is 0. The Balaban J connectivity index is 1.48. The number of carbonyl (C=O) groups excluding carboxylic acids is 2. The molecule has 1 N–H and O–H groups in total. The number of anilines is 1. The van der Waals surface area contributed by atoms with Gasteiger partial charge in [0.25, 0.3) is 5.91 Å². The Labute approximate surface area is 184 Å². The molecule has 5 nitrogen and oxygen atoms in total. The van der Waals surface area contributed by atoms with E-state index < -0.39 is 16.7 Å². The van der Waals surface area contributed by atoms with Gasteiger partial charge in [0.2, 0.25) is 5.91 Å². The van der Waals surface area contributed by atoms with Crippen molar-refractivity contribution < 1.29 is 9.59 Å². The molecule has 152 valence electrons. The number of nitrogens with one attached hydrogen (secondary N) is 1. The summed E-state index contributed by atoms with van der Waals surface area (Å²) in [6, 6.07) is 28.6. The first-order valence-corrected chi connectivity index (χ1v) is 11.1. The number of hydrogen-bond acceptors (Lipinski definition) is 5. The van der Waals surface area contributed by atoms with Crippen molar-refractivity contribution in [3.8, 4) is 0 Å². The zero-order chi connectivity index (χ0) is 21.0. The molecule has 3 aliphatic rings. The summed E-state index contributed by atoms with van der Waals surface area (Å²) >= 11 is 1.60. The summed E-state index contributed by atoms with van der Waals surface area (Å²) in [5.41, 5.74) is 2.64. The third-order valence-corrected chi connectivity index (χ3v) is 7.87. The molecule has 3 heterocycles. The number of rotatable bonds is 3. The van der Waals surface area contributed by atoms with Crippen LogP contribution in [0, 0.1) is 5.92 Å². The zero-order valence-electron chi connectivity index (χ0n) is 16.5. The lowest BCUT2D eigenvalue weighted by Crippen LogP contribution is -2.44. The van der Waals surface area contributed by atoms with Gasteiger partial charge in [-0.25, -0.2) is 4.90 Å². The number of nitrogens with zero attached hydrogens (tertiary/aromatic N) is 2. The van der Waals surface area contributed by atoms with E-state index in [9.17, 15) is 9.59 Å². The highest BCUT2D eigenvalue weighted by molar-refractivity contribution is 8.15. The van der Waals surface area contributed by atoms with Gasteiger partial charge in [-0.05, 0) is 17.7 Å². The SMILES string of the molecule is O=C1[C@H]2NC3N=C(c4ccccc4)S[C@@]3(c3ccccc3)[C@H]2C(=O)N1c1ccccc1. The van der Waals surface area contributed by atoms with Crippen LogP contribution in [0.25, 0.3) is 0 Å². The first-order chi connectivity index (χ1) is 15.2. The largest absolute Gasteiger partial charge is 0.282 e. The van der Waals surface area contributed by atoms with Crippen molar-refractivity contribution in [2.45, 2.75) is 17.0 Å². The predicted octanol–water partition coefficient (Wildman–Crippen LogP) is 3.56. The Bertz CT molecular complexity index is 1200. The second-order valence-electron chi connectivity index (χ2n) is 7.93. The smallest absolute Gasteiger partial charge is 0.251 e. The van der Waals surface area contributed by atoms with Gasteiger partial charge in [0, 0.05) is 5.56 Å². The van der Waals surface area contributed by atoms with E-state index in [0.717, 1.165) is 16.2 Å². The number of para-hydroxylation sites is 1. The lowest BCUT2D eigenvalue weighted by atomic mass is 9.83. The molecule has 3 aromatic carbocycles. The summed E-state index contributed by atoms with van der Waals surface area (Å²) in [7, 11) is 0. The molecule has 2 amide bonds. The molecule has 6 rings (SSSR count). The highest BCUT2D eigenvalue weighted by Gasteiger charge is 2.69. The van der Waals surface area contributed by atoms with Crippen LogP contribution in [0.4, 0.5) is 5.69 Å². The van der Waals surface area contributed by atoms with Crippen molar-refractivity contribution in [3.05, 3.63) is 102 Å². The topological polar surface area (TPSA) is 61.8 Å². The van der Waals surface area contributed by atoms with Crippen LogP contribution in [0.2, 0.25) is 0 Å². The third-order valence-electron chi connectivity index (χ3n) is 6.28. The fourth-order valence-corrected chi connectivity index (χ4v) is 6.51. The maximum absolute atomic E-state index is 13.8. The maximum Gasteiger partial charge on any atom is 0.251 e. The van der Waals surface area contributed by atoms with Crippen molar-refractivity contribution >= 4 is 34.3 Å². The Morgan fingerprint density at radius 3 is 2.10 bits per heavy atom. The van der Waals surface area contributed by atoms with Crippen LogP contribution < -0.4 is 10.2 Å². The number of benzene rings is 3. The minimum Gasteiger partial charge on any atom is -0.282 e. The molecule has 4 atom stereocenters. The van der Waals surface area contributed by atoms with Crippen LogP contribution in [0.5, 0.6) is 0 Å². The van der Waals surface area contributed by atoms with E-state index in [-0.39, 0.29) is 18.0 Å². The quantitative estimate of drug-likeness (QED) is 0.652. The standard InChI is InChI=1S/C25H19N3O2S/c29-22-19-20(23(30)28(22)18-14-8-3-9-15-18)26-24-25(19,17-12-6-2-7-13-17)31-21(27-24)16-10-4-1-5-11-16/h1-15,19-20,24,26H/t19-,20+,24?,25+/m1/s1. The minimum atomic E-state index is -0.673. The second-order valence-corrected chi connectivity index (χ2v) is 9.20. The van der Waals surface area contributed by atoms with E-state index in [0.29, 0.717) is 5.69 Å². The molecule has 0 spiro atoms. The van der Waals surface area contributed by atoms with Crippen LogP contribution in [0.3, 0.4) is 0 Å². The van der Waals surface area contributed by atoms with Crippen LogP contribution in [-0.4, -0.2) is 29.1 Å². The molecule has 0 saturated carbocycles. The second kappa shape index (κ2) is 6.90. The maximum atomic E-state index is 13.8. The van der Waals surface area contributed by atoms with Gasteiger partial charge < -0.3 is 0 Å². The molecule has 31 heavy (non-hydrogen) atoms. The summed E-state index contributed by atoms with van der Waals surface area (Å²) in [4.78, 5) is 33.4. The van der Waals surface area contributed by atoms with Gasteiger partial charge in [-0.2, -0.15) is 0 Å². The zero-order valence-corrected chi connectivity index (χ0v) is 17.3. The van der Waals surface area contributed by atoms with Crippen LogP contribution in [0.15, 0.2) is 96.0 Å². The summed E-state index contributed by atoms with van der Waals surface area (Å²) in [5, 5.41) is 4.30. The van der Waals surface area contributed by atoms with E-state index in [1.807, 2.05) is 78.9 Å². The number of thioether (sulfide) groups is 1. The highest BCUT2D eigenvalue weighted by Crippen LogP contribution is 2.58. The highest BCUT2D eigenvalue weighted by atomic mass is 32.2. The van der Waals surface area contributed by atoms with Gasteiger partial charge >= 0.3 is 0 Å². The van der Waals surface area contributed by atoms with Gasteiger partial charge in [-0.1, -0.05) is 90.6 Å². The number of imide groups is 1. The molecule has 6 heteroatoms. The van der Waals surface area contributed by atoms with Gasteiger partial charge in [-0.15, -0.1) is 0 Å². The predicted molar refractivity (Wildman–Crippen MR) is 122 cm³/mol. The van der Waals surface area contributed by atoms with Gasteiger partial charge in [-0.3, -0.25) is 19.9 Å². The Kier molecular flexibility index (Phi) is 4.13. The number of hydrogen-bond donors (Lipinski definition) is 1. The molecule has 2 fully saturated rings. The summed E-state index contributed by atoms with van der Waals surface area (Å²) < 4.78 is -0.673. The number of amides is 2. The average molecular weight is 426 g/mol. The first kappa shape index (κ1) is 18.5. The molecule has 1 unspecified atom stereocenters. The van der Waals surface area contributed by atoms with Gasteiger partial charge in [0.1, 0.15) is 17.3 Å². The van der Waals surface area contributed by atoms with E-state index in [1.165, 1.54) is 4.90 Å². The van der Waals surface area contributed by atoms with Gasteiger partial charge in [0.05, 0.1) is 16.4 Å². The Morgan fingerprint density at radius 1 is 0.806 bits per heavy atom. The van der Waals surface area contributed by atoms with Crippen molar-refractivity contribution in [1.29, 1.82) is 0 Å². The molecule has 3 aliphatic heterocycles. The number of carbonyl (C=O) groups is 2. The Hall–Kier alpha value is -3.22. The molecular formula is C25H19N3O2S. The van der Waals surface area contributed by atoms with Crippen molar-refractivity contribution in [2.75, 3.05) is 4.90 Å². The lowest BCUT2D eigenvalue weighted by Gasteiger charge is -2.32. The molecule has 0 bridgehead atoms. The summed E-state index contributed by atoms with van der Waals surface area (Å²) in [5.74, 6) is -0.914. The van der Waals surface area contributed by atoms with Crippen LogP contribution >= 0.6 is 11.8 Å². The molecule has 0 aliphatic carbocycles. The molecule has 0 aromatic heterocycles. The summed E-state index contributed by atoms with van der Waals surface area (Å²) in [6.07, 6.45) is -0.351. The Morgan fingerprint density at radius 2 is 1.42 bits per heavy atom. The first-order valence-electron chi connectivity index (χ1n) is 10.3. The number of fused-ring (bicyclic) bond motifs is 3. The normalized spacial score (nSPS) is 29.1. The van der Waals surface area contributed by atoms with Gasteiger partial charge in [0.15, 0.2) is 0 Å². The fourth-order valence-electron chi connectivity index (χ4n) is 4.93. The molecule has 0 radical (unpaired) electrons. The van der Waals surface area contributed by atoms with E-state index in [2.05, 4.69) is 5.32 Å². The molecule has 3 aromatic rings. The van der Waals surface area contributed by atoms with E-state index >= 15 is 0 Å². The van der Waals surface area contributed by atoms with Crippen LogP contribution in [0.1, 0.15) is 11.1 Å². The van der Waals surface area contributed by atoms with Crippen molar-refractivity contribution in [2.24, 2.45) is 10.9 Å². The molecule has 2 saturated heterocycles. The van der Waals surface area contributed by atoms with Crippen molar-refractivity contribution in [3.63, 3.8) is 0 Å². The minimum absolute atomic E-state index is 0.169. The monoisotopic (exact) mass is 425 g/mol. The lowest BCUT2D eigenvalue weighted by molar-refractivity contribution is -0.123. The number of aliphatic imine (C=N–C) groups is 1. The van der Waals surface area contributed by atoms with Crippen molar-refractivity contribution in [1.82, 2.24) is 5.32 Å². The van der Waals surface area contributed by atoms with E-state index in [4.69, 9.17) is 4.99 Å². The average Bonchev–Trinajstić information content (AvgIpc) is 3.42. The van der Waals surface area contributed by atoms with E-state index in [1.54, 1.807) is 23.9 Å².